The second-order valence-corrected chi connectivity index (χ2v) is 11.9. The largest absolute Gasteiger partial charge is 0.474 e. The van der Waals surface area contributed by atoms with Gasteiger partial charge in [0, 0.05) is 18.1 Å². The number of nitrogens with zero attached hydrogens (tertiary/aromatic N) is 1. The first-order valence-electron chi connectivity index (χ1n) is 10.7. The monoisotopic (exact) mass is 462 g/mol. The quantitative estimate of drug-likeness (QED) is 0.410. The van der Waals surface area contributed by atoms with E-state index in [0.29, 0.717) is 5.56 Å². The van der Waals surface area contributed by atoms with E-state index in [1.807, 2.05) is 33.9 Å². The van der Waals surface area contributed by atoms with Crippen LogP contribution in [0.25, 0.3) is 0 Å². The highest BCUT2D eigenvalue weighted by Gasteiger charge is 2.61. The Morgan fingerprint density at radius 3 is 2.50 bits per heavy atom. The highest BCUT2D eigenvalue weighted by atomic mass is 28.3. The lowest BCUT2D eigenvalue weighted by molar-refractivity contribution is -0.182. The van der Waals surface area contributed by atoms with E-state index < -0.39 is 55.9 Å². The Morgan fingerprint density at radius 1 is 1.28 bits per heavy atom. The van der Waals surface area contributed by atoms with Crippen molar-refractivity contribution in [3.8, 4) is 0 Å². The van der Waals surface area contributed by atoms with Gasteiger partial charge in [0.1, 0.15) is 5.82 Å². The van der Waals surface area contributed by atoms with Crippen molar-refractivity contribution in [1.29, 1.82) is 0 Å². The van der Waals surface area contributed by atoms with Crippen molar-refractivity contribution in [1.82, 2.24) is 4.90 Å². The molecule has 1 heterocycles. The number of carboxylic acids is 1. The maximum absolute atomic E-state index is 14.2. The van der Waals surface area contributed by atoms with Crippen LogP contribution < -0.4 is 0 Å². The molecule has 2 aliphatic rings. The second kappa shape index (κ2) is 8.86. The Morgan fingerprint density at radius 2 is 1.94 bits per heavy atom. The SMILES string of the molecule is C[Si](C)OC[C@H]([C@@H]1C(=O)N(C(=O)C(=O)O)[C@@H]1[C@H]1CCc2c(F)cccc2C1=O)C(C)(C)C. The molecule has 1 aliphatic heterocycles. The van der Waals surface area contributed by atoms with E-state index >= 15 is 0 Å². The molecule has 1 aromatic rings. The van der Waals surface area contributed by atoms with E-state index in [9.17, 15) is 28.7 Å². The summed E-state index contributed by atoms with van der Waals surface area (Å²) in [6.45, 7) is 10.1. The number of carboxylic acid groups (broad SMARTS) is 1. The number of fused-ring (bicyclic) bond motifs is 1. The first kappa shape index (κ1) is 24.3. The van der Waals surface area contributed by atoms with Gasteiger partial charge in [0.05, 0.1) is 12.0 Å². The molecular weight excluding hydrogens is 433 g/mol. The summed E-state index contributed by atoms with van der Waals surface area (Å²) in [5.74, 6) is -6.33. The third-order valence-electron chi connectivity index (χ3n) is 6.53. The van der Waals surface area contributed by atoms with Crippen molar-refractivity contribution in [2.45, 2.75) is 52.7 Å². The third-order valence-corrected chi connectivity index (χ3v) is 7.27. The number of carbonyl (C=O) groups is 4. The number of imide groups is 1. The minimum absolute atomic E-state index is 0.234. The number of benzene rings is 1. The lowest BCUT2D eigenvalue weighted by Gasteiger charge is -2.54. The number of halogens is 1. The van der Waals surface area contributed by atoms with Gasteiger partial charge in [-0.1, -0.05) is 32.9 Å². The van der Waals surface area contributed by atoms with E-state index in [1.54, 1.807) is 6.07 Å². The summed E-state index contributed by atoms with van der Waals surface area (Å²) in [6.07, 6.45) is 0.512. The number of β-lactam (4-membered cyclic amide) rings is 1. The van der Waals surface area contributed by atoms with Crippen LogP contribution >= 0.6 is 0 Å². The number of amides is 2. The van der Waals surface area contributed by atoms with Crippen LogP contribution in [0, 0.1) is 29.0 Å². The molecule has 1 fully saturated rings. The van der Waals surface area contributed by atoms with Crippen LogP contribution in [0.3, 0.4) is 0 Å². The van der Waals surface area contributed by atoms with Crippen molar-refractivity contribution in [3.63, 3.8) is 0 Å². The Bertz CT molecular complexity index is 956. The first-order chi connectivity index (χ1) is 14.9. The van der Waals surface area contributed by atoms with E-state index in [1.165, 1.54) is 12.1 Å². The average molecular weight is 463 g/mol. The van der Waals surface area contributed by atoms with Crippen molar-refractivity contribution >= 4 is 32.6 Å². The Kier molecular flexibility index (Phi) is 6.71. The van der Waals surface area contributed by atoms with Gasteiger partial charge in [-0.2, -0.15) is 0 Å². The minimum Gasteiger partial charge on any atom is -0.474 e. The molecule has 1 aromatic carbocycles. The van der Waals surface area contributed by atoms with Crippen LogP contribution in [0.15, 0.2) is 18.2 Å². The second-order valence-electron chi connectivity index (χ2n) is 9.80. The topological polar surface area (TPSA) is 101 Å². The van der Waals surface area contributed by atoms with Crippen LogP contribution in [0.2, 0.25) is 13.1 Å². The standard InChI is InChI=1S/C23H29FNO6Si/c1-23(2,3)15(11-31-32(4)5)17-18(25(20(17)27)21(28)22(29)30)14-10-9-12-13(19(14)26)7-6-8-16(12)24/h6-8,14-15,17-18H,9-11H2,1-5H3,(H,29,30)/t14-,15-,17+,18-/m1/s1. The van der Waals surface area contributed by atoms with Gasteiger partial charge in [0.2, 0.25) is 14.9 Å². The maximum atomic E-state index is 14.2. The van der Waals surface area contributed by atoms with Crippen LogP contribution in [-0.2, 0) is 25.2 Å². The van der Waals surface area contributed by atoms with Crippen LogP contribution in [0.5, 0.6) is 0 Å². The normalized spacial score (nSPS) is 24.2. The van der Waals surface area contributed by atoms with Gasteiger partial charge in [-0.25, -0.2) is 9.18 Å². The van der Waals surface area contributed by atoms with Gasteiger partial charge in [0.15, 0.2) is 5.78 Å². The highest BCUT2D eigenvalue weighted by Crippen LogP contribution is 2.47. The molecule has 173 valence electrons. The first-order valence-corrected chi connectivity index (χ1v) is 13.1. The number of hydrogen-bond acceptors (Lipinski definition) is 5. The molecule has 1 aliphatic carbocycles. The molecule has 2 amide bonds. The number of Topliss-reactive ketones (excluding diaryl/α,β-unsaturated/α-hetero) is 1. The predicted octanol–water partition coefficient (Wildman–Crippen LogP) is 2.94. The molecule has 0 aromatic heterocycles. The van der Waals surface area contributed by atoms with Crippen LogP contribution in [0.1, 0.15) is 43.1 Å². The van der Waals surface area contributed by atoms with Gasteiger partial charge in [-0.05, 0) is 48.9 Å². The smallest absolute Gasteiger partial charge is 0.395 e. The highest BCUT2D eigenvalue weighted by molar-refractivity contribution is 6.48. The fourth-order valence-electron chi connectivity index (χ4n) is 4.86. The zero-order chi connectivity index (χ0) is 24.0. The molecule has 1 saturated heterocycles. The van der Waals surface area contributed by atoms with Crippen molar-refractivity contribution in [3.05, 3.63) is 35.1 Å². The van der Waals surface area contributed by atoms with Gasteiger partial charge in [0.25, 0.3) is 0 Å². The third kappa shape index (κ3) is 4.28. The molecule has 3 rings (SSSR count). The minimum atomic E-state index is -1.74. The molecule has 7 nitrogen and oxygen atoms in total. The van der Waals surface area contributed by atoms with Gasteiger partial charge in [-0.3, -0.25) is 19.3 Å². The molecule has 0 unspecified atom stereocenters. The molecule has 0 bridgehead atoms. The lowest BCUT2D eigenvalue weighted by Crippen LogP contribution is -2.71. The number of likely N-dealkylation sites (tertiary alicyclic amines) is 1. The van der Waals surface area contributed by atoms with Crippen LogP contribution in [0.4, 0.5) is 4.39 Å². The molecule has 0 saturated carbocycles. The summed E-state index contributed by atoms with van der Waals surface area (Å²) in [7, 11) is -1.06. The van der Waals surface area contributed by atoms with E-state index in [2.05, 4.69) is 0 Å². The number of hydrogen-bond donors (Lipinski definition) is 1. The van der Waals surface area contributed by atoms with E-state index in [4.69, 9.17) is 4.43 Å². The fraction of sp³-hybridized carbons (Fsp3) is 0.565. The average Bonchev–Trinajstić information content (AvgIpc) is 2.69. The summed E-state index contributed by atoms with van der Waals surface area (Å²) in [6, 6.07) is 3.39. The van der Waals surface area contributed by atoms with Crippen molar-refractivity contribution in [2.24, 2.45) is 23.2 Å². The van der Waals surface area contributed by atoms with Crippen molar-refractivity contribution in [2.75, 3.05) is 6.61 Å². The number of rotatable bonds is 5. The number of aliphatic carboxylic acids is 1. The summed E-state index contributed by atoms with van der Waals surface area (Å²) < 4.78 is 20.1. The summed E-state index contributed by atoms with van der Waals surface area (Å²) in [5, 5.41) is 9.27. The molecule has 1 radical (unpaired) electrons. The summed E-state index contributed by atoms with van der Waals surface area (Å²) in [5.41, 5.74) is 0.168. The zero-order valence-electron chi connectivity index (χ0n) is 19.0. The Labute approximate surface area is 188 Å². The zero-order valence-corrected chi connectivity index (χ0v) is 20.0. The molecule has 9 heteroatoms. The van der Waals surface area contributed by atoms with E-state index in [-0.39, 0.29) is 36.7 Å². The predicted molar refractivity (Wildman–Crippen MR) is 116 cm³/mol. The van der Waals surface area contributed by atoms with Gasteiger partial charge >= 0.3 is 11.9 Å². The molecule has 0 spiro atoms. The van der Waals surface area contributed by atoms with Gasteiger partial charge < -0.3 is 9.53 Å². The molecule has 4 atom stereocenters. The summed E-state index contributed by atoms with van der Waals surface area (Å²) in [4.78, 5) is 51.0. The number of ketones is 1. The van der Waals surface area contributed by atoms with Crippen molar-refractivity contribution < 1.29 is 33.1 Å². The number of carbonyl (C=O) groups excluding carboxylic acids is 3. The van der Waals surface area contributed by atoms with E-state index in [0.717, 1.165) is 4.90 Å². The molecular formula is C23H29FNO6Si. The van der Waals surface area contributed by atoms with Gasteiger partial charge in [-0.15, -0.1) is 0 Å². The van der Waals surface area contributed by atoms with Crippen LogP contribution in [-0.4, -0.2) is 55.3 Å². The molecule has 1 N–H and O–H groups in total. The fourth-order valence-corrected chi connectivity index (χ4v) is 5.37. The summed E-state index contributed by atoms with van der Waals surface area (Å²) >= 11 is 0. The molecule has 32 heavy (non-hydrogen) atoms. The lowest BCUT2D eigenvalue weighted by atomic mass is 9.61. The Hall–Kier alpha value is -2.39. The Balaban J connectivity index is 2.02. The maximum Gasteiger partial charge on any atom is 0.395 e.